The molecule has 2 rings (SSSR count). The molecule has 132 valence electrons. The van der Waals surface area contributed by atoms with Gasteiger partial charge in [-0.3, -0.25) is 0 Å². The molecule has 0 aromatic heterocycles. The van der Waals surface area contributed by atoms with Crippen molar-refractivity contribution in [3.05, 3.63) is 77.1 Å². The van der Waals surface area contributed by atoms with Crippen LogP contribution in [0.4, 0.5) is 0 Å². The van der Waals surface area contributed by atoms with Gasteiger partial charge in [0.1, 0.15) is 0 Å². The lowest BCUT2D eigenvalue weighted by atomic mass is 9.83. The molecule has 0 nitrogen and oxygen atoms in total. The Morgan fingerprint density at radius 1 is 0.833 bits per heavy atom. The van der Waals surface area contributed by atoms with E-state index in [1.54, 1.807) is 0 Å². The summed E-state index contributed by atoms with van der Waals surface area (Å²) in [6.45, 7) is 20.2. The SMILES string of the molecule is C=CCC1C(/C=C\C2CC(C=C)CC2C[CH2+])CC(C=C)C1C=C.[CH3-]. The Hall–Kier alpha value is -1.43. The number of rotatable bonds is 8. The van der Waals surface area contributed by atoms with Gasteiger partial charge in [0.15, 0.2) is 0 Å². The van der Waals surface area contributed by atoms with Gasteiger partial charge in [0.05, 0.1) is 13.3 Å². The standard InChI is InChI=1S/C23H33.CH3/c1-6-11-23-21(16-19(9-4)22(23)10-5)13-12-20-15-17(7-2)14-18(20)8-3;/h6-7,9-10,12-13,17-23H,1-5,8,11,14-16H2;1H3/q+1;-1/b13-12-;. The van der Waals surface area contributed by atoms with Crippen molar-refractivity contribution in [2.75, 3.05) is 0 Å². The van der Waals surface area contributed by atoms with Gasteiger partial charge in [0.2, 0.25) is 0 Å². The van der Waals surface area contributed by atoms with Gasteiger partial charge in [-0.05, 0) is 61.2 Å². The topological polar surface area (TPSA) is 0 Å². The minimum atomic E-state index is 0. The molecule has 0 amide bonds. The van der Waals surface area contributed by atoms with Crippen LogP contribution in [0.2, 0.25) is 0 Å². The van der Waals surface area contributed by atoms with Crippen LogP contribution >= 0.6 is 0 Å². The van der Waals surface area contributed by atoms with E-state index >= 15 is 0 Å². The lowest BCUT2D eigenvalue weighted by Gasteiger charge is -2.21. The Balaban J connectivity index is 0.00000288. The number of hydrogen-bond acceptors (Lipinski definition) is 0. The van der Waals surface area contributed by atoms with Crippen molar-refractivity contribution in [2.45, 2.75) is 32.1 Å². The van der Waals surface area contributed by atoms with Crippen LogP contribution in [0.25, 0.3) is 0 Å². The molecule has 0 radical (unpaired) electrons. The minimum Gasteiger partial charge on any atom is -0.358 e. The van der Waals surface area contributed by atoms with Crippen molar-refractivity contribution in [3.8, 4) is 0 Å². The molecule has 0 heteroatoms. The molecule has 2 fully saturated rings. The summed E-state index contributed by atoms with van der Waals surface area (Å²) in [5.74, 6) is 4.40. The summed E-state index contributed by atoms with van der Waals surface area (Å²) in [4.78, 5) is 0. The average Bonchev–Trinajstić information content (AvgIpc) is 3.13. The molecule has 2 saturated carbocycles. The van der Waals surface area contributed by atoms with Crippen LogP contribution in [0.15, 0.2) is 62.8 Å². The molecule has 2 aliphatic rings. The zero-order chi connectivity index (χ0) is 16.8. The van der Waals surface area contributed by atoms with Crippen LogP contribution in [-0.2, 0) is 0 Å². The smallest absolute Gasteiger partial charge is 0.0884 e. The van der Waals surface area contributed by atoms with Gasteiger partial charge < -0.3 is 7.43 Å². The first-order valence-corrected chi connectivity index (χ1v) is 9.14. The largest absolute Gasteiger partial charge is 0.358 e. The van der Waals surface area contributed by atoms with Crippen LogP contribution in [0.3, 0.4) is 0 Å². The highest BCUT2D eigenvalue weighted by molar-refractivity contribution is 5.12. The van der Waals surface area contributed by atoms with Crippen molar-refractivity contribution in [2.24, 2.45) is 41.4 Å². The second-order valence-corrected chi connectivity index (χ2v) is 7.37. The van der Waals surface area contributed by atoms with E-state index in [1.807, 2.05) is 0 Å². The molecule has 0 N–H and O–H groups in total. The molecule has 0 aliphatic heterocycles. The summed E-state index contributed by atoms with van der Waals surface area (Å²) < 4.78 is 0. The third-order valence-electron chi connectivity index (χ3n) is 6.19. The van der Waals surface area contributed by atoms with E-state index in [-0.39, 0.29) is 7.43 Å². The van der Waals surface area contributed by atoms with E-state index in [2.05, 4.69) is 69.7 Å². The zero-order valence-corrected chi connectivity index (χ0v) is 15.6. The third kappa shape index (κ3) is 4.35. The normalized spacial score (nSPS) is 38.6. The molecule has 0 spiro atoms. The predicted octanol–water partition coefficient (Wildman–Crippen LogP) is 6.86. The van der Waals surface area contributed by atoms with Gasteiger partial charge in [-0.25, -0.2) is 0 Å². The van der Waals surface area contributed by atoms with E-state index in [0.29, 0.717) is 35.5 Å². The van der Waals surface area contributed by atoms with Crippen molar-refractivity contribution in [1.82, 2.24) is 0 Å². The molecule has 2 aliphatic carbocycles. The molecule has 0 aromatic carbocycles. The fraction of sp³-hybridized carbons (Fsp3) is 0.500. The summed E-state index contributed by atoms with van der Waals surface area (Å²) in [5.41, 5.74) is 0. The highest BCUT2D eigenvalue weighted by Crippen LogP contribution is 2.46. The molecule has 7 atom stereocenters. The predicted molar refractivity (Wildman–Crippen MR) is 109 cm³/mol. The van der Waals surface area contributed by atoms with Crippen molar-refractivity contribution >= 4 is 0 Å². The minimum absolute atomic E-state index is 0. The zero-order valence-electron chi connectivity index (χ0n) is 15.6. The Morgan fingerprint density at radius 2 is 1.54 bits per heavy atom. The number of allylic oxidation sites excluding steroid dienone is 6. The number of hydrogen-bond donors (Lipinski definition) is 0. The molecule has 0 saturated heterocycles. The van der Waals surface area contributed by atoms with Crippen LogP contribution in [0, 0.1) is 55.8 Å². The Morgan fingerprint density at radius 3 is 2.08 bits per heavy atom. The van der Waals surface area contributed by atoms with Crippen LogP contribution < -0.4 is 0 Å². The third-order valence-corrected chi connectivity index (χ3v) is 6.19. The molecule has 24 heavy (non-hydrogen) atoms. The maximum atomic E-state index is 4.15. The van der Waals surface area contributed by atoms with Crippen LogP contribution in [-0.4, -0.2) is 0 Å². The Kier molecular flexibility index (Phi) is 8.39. The molecule has 0 aromatic rings. The van der Waals surface area contributed by atoms with Gasteiger partial charge in [0.25, 0.3) is 0 Å². The van der Waals surface area contributed by atoms with Gasteiger partial charge >= 0.3 is 0 Å². The van der Waals surface area contributed by atoms with E-state index in [1.165, 1.54) is 19.3 Å². The Labute approximate surface area is 151 Å². The first kappa shape index (κ1) is 20.6. The van der Waals surface area contributed by atoms with E-state index < -0.39 is 0 Å². The summed E-state index contributed by atoms with van der Waals surface area (Å²) in [7, 11) is 0. The highest BCUT2D eigenvalue weighted by Gasteiger charge is 2.38. The van der Waals surface area contributed by atoms with Crippen LogP contribution in [0.5, 0.6) is 0 Å². The molecule has 7 unspecified atom stereocenters. The fourth-order valence-corrected chi connectivity index (χ4v) is 4.85. The van der Waals surface area contributed by atoms with Crippen molar-refractivity contribution in [1.29, 1.82) is 0 Å². The van der Waals surface area contributed by atoms with Crippen molar-refractivity contribution < 1.29 is 0 Å². The molecule has 0 bridgehead atoms. The molecular weight excluding hydrogens is 288 g/mol. The molecule has 0 heterocycles. The van der Waals surface area contributed by atoms with E-state index in [4.69, 9.17) is 0 Å². The van der Waals surface area contributed by atoms with Gasteiger partial charge in [-0.2, -0.15) is 0 Å². The maximum absolute atomic E-state index is 4.15. The lowest BCUT2D eigenvalue weighted by Crippen LogP contribution is -2.14. The highest BCUT2D eigenvalue weighted by atomic mass is 14.4. The lowest BCUT2D eigenvalue weighted by molar-refractivity contribution is 0.385. The van der Waals surface area contributed by atoms with Gasteiger partial charge in [-0.15, -0.1) is 26.3 Å². The second-order valence-electron chi connectivity index (χ2n) is 7.37. The molecular formula is C24H36. The quantitative estimate of drug-likeness (QED) is 0.338. The average molecular weight is 325 g/mol. The van der Waals surface area contributed by atoms with Crippen LogP contribution in [0.1, 0.15) is 32.1 Å². The first-order valence-electron chi connectivity index (χ1n) is 9.14. The van der Waals surface area contributed by atoms with Gasteiger partial charge in [0, 0.05) is 5.92 Å². The second kappa shape index (κ2) is 9.77. The van der Waals surface area contributed by atoms with Crippen molar-refractivity contribution in [3.63, 3.8) is 0 Å². The Bertz CT molecular complexity index is 455. The summed E-state index contributed by atoms with van der Waals surface area (Å²) in [5, 5.41) is 0. The maximum Gasteiger partial charge on any atom is 0.0884 e. The summed E-state index contributed by atoms with van der Waals surface area (Å²) in [6.07, 6.45) is 19.2. The van der Waals surface area contributed by atoms with Gasteiger partial charge in [-0.1, -0.05) is 36.5 Å². The summed E-state index contributed by atoms with van der Waals surface area (Å²) in [6, 6.07) is 0. The first-order chi connectivity index (χ1) is 11.2. The summed E-state index contributed by atoms with van der Waals surface area (Å²) >= 11 is 0. The van der Waals surface area contributed by atoms with E-state index in [0.717, 1.165) is 18.8 Å². The van der Waals surface area contributed by atoms with E-state index in [9.17, 15) is 0 Å². The monoisotopic (exact) mass is 324 g/mol. The fourth-order valence-electron chi connectivity index (χ4n) is 4.85.